The summed E-state index contributed by atoms with van der Waals surface area (Å²) in [6.45, 7) is 10.1. The highest BCUT2D eigenvalue weighted by Gasteiger charge is 2.40. The molecule has 1 N–H and O–H groups in total. The summed E-state index contributed by atoms with van der Waals surface area (Å²) >= 11 is 0. The smallest absolute Gasteiger partial charge is 0.251 e. The summed E-state index contributed by atoms with van der Waals surface area (Å²) in [5, 5.41) is 0. The van der Waals surface area contributed by atoms with Crippen molar-refractivity contribution < 1.29 is 9.53 Å². The van der Waals surface area contributed by atoms with Gasteiger partial charge >= 0.3 is 0 Å². The first-order valence-electron chi connectivity index (χ1n) is 9.08. The topological polar surface area (TPSA) is 78.5 Å². The lowest BCUT2D eigenvalue weighted by atomic mass is 9.92. The van der Waals surface area contributed by atoms with Gasteiger partial charge in [0, 0.05) is 38.2 Å². The van der Waals surface area contributed by atoms with E-state index < -0.39 is 5.54 Å². The van der Waals surface area contributed by atoms with E-state index in [4.69, 9.17) is 4.74 Å². The molecule has 138 valence electrons. The van der Waals surface area contributed by atoms with Gasteiger partial charge in [0.15, 0.2) is 0 Å². The number of morpholine rings is 1. The predicted molar refractivity (Wildman–Crippen MR) is 94.6 cm³/mol. The number of likely N-dealkylation sites (tertiary alicyclic amines) is 1. The first kappa shape index (κ1) is 18.1. The van der Waals surface area contributed by atoms with Crippen molar-refractivity contribution in [1.82, 2.24) is 19.8 Å². The fourth-order valence-electron chi connectivity index (χ4n) is 3.86. The summed E-state index contributed by atoms with van der Waals surface area (Å²) in [6.07, 6.45) is 1.89. The number of aryl methyl sites for hydroxylation is 1. The van der Waals surface area contributed by atoms with E-state index in [0.29, 0.717) is 25.6 Å². The van der Waals surface area contributed by atoms with Gasteiger partial charge < -0.3 is 14.6 Å². The van der Waals surface area contributed by atoms with E-state index in [9.17, 15) is 9.59 Å². The number of hydrogen-bond donors (Lipinski definition) is 1. The van der Waals surface area contributed by atoms with Crippen LogP contribution in [0.25, 0.3) is 0 Å². The molecule has 0 radical (unpaired) electrons. The standard InChI is InChI=1S/C18H28N4O3/c1-13-19-15(11-16(23)20-13)14-5-4-6-21(12-14)17(24)18(2,3)22-7-9-25-10-8-22/h11,14H,4-10,12H2,1-3H3,(H,19,20,23)/t14-/m0/s1. The highest BCUT2D eigenvalue weighted by molar-refractivity contribution is 5.85. The number of H-pyrrole nitrogens is 1. The van der Waals surface area contributed by atoms with E-state index in [1.54, 1.807) is 13.0 Å². The predicted octanol–water partition coefficient (Wildman–Crippen LogP) is 0.895. The zero-order valence-corrected chi connectivity index (χ0v) is 15.4. The highest BCUT2D eigenvalue weighted by atomic mass is 16.5. The molecule has 1 amide bonds. The molecule has 0 spiro atoms. The number of carbonyl (C=O) groups excluding carboxylic acids is 1. The number of nitrogens with zero attached hydrogens (tertiary/aromatic N) is 3. The molecule has 0 unspecified atom stereocenters. The summed E-state index contributed by atoms with van der Waals surface area (Å²) in [4.78, 5) is 36.2. The lowest BCUT2D eigenvalue weighted by molar-refractivity contribution is -0.146. The molecule has 2 fully saturated rings. The third-order valence-corrected chi connectivity index (χ3v) is 5.33. The molecule has 0 saturated carbocycles. The summed E-state index contributed by atoms with van der Waals surface area (Å²) in [5.41, 5.74) is 0.130. The van der Waals surface area contributed by atoms with Crippen LogP contribution in [0.3, 0.4) is 0 Å². The molecular weight excluding hydrogens is 320 g/mol. The van der Waals surface area contributed by atoms with Crippen molar-refractivity contribution in [2.24, 2.45) is 0 Å². The minimum atomic E-state index is -0.539. The van der Waals surface area contributed by atoms with Gasteiger partial charge in [-0.25, -0.2) is 4.98 Å². The van der Waals surface area contributed by atoms with E-state index in [1.807, 2.05) is 18.7 Å². The second-order valence-electron chi connectivity index (χ2n) is 7.50. The van der Waals surface area contributed by atoms with Crippen LogP contribution >= 0.6 is 0 Å². The Hall–Kier alpha value is -1.73. The van der Waals surface area contributed by atoms with Crippen molar-refractivity contribution in [3.05, 3.63) is 27.9 Å². The molecule has 2 aliphatic rings. The first-order valence-corrected chi connectivity index (χ1v) is 9.08. The Kier molecular flexibility index (Phi) is 5.24. The molecule has 0 aromatic carbocycles. The van der Waals surface area contributed by atoms with Crippen molar-refractivity contribution in [2.45, 2.75) is 45.1 Å². The number of piperidine rings is 1. The van der Waals surface area contributed by atoms with E-state index in [0.717, 1.165) is 38.2 Å². The number of ether oxygens (including phenoxy) is 1. The number of aromatic amines is 1. The van der Waals surface area contributed by atoms with E-state index in [1.165, 1.54) is 0 Å². The van der Waals surface area contributed by atoms with Gasteiger partial charge in [-0.1, -0.05) is 0 Å². The molecule has 3 rings (SSSR count). The summed E-state index contributed by atoms with van der Waals surface area (Å²) in [5.74, 6) is 0.902. The first-order chi connectivity index (χ1) is 11.9. The van der Waals surface area contributed by atoms with Gasteiger partial charge in [-0.05, 0) is 33.6 Å². The van der Waals surface area contributed by atoms with Crippen molar-refractivity contribution in [2.75, 3.05) is 39.4 Å². The van der Waals surface area contributed by atoms with Crippen LogP contribution in [0, 0.1) is 6.92 Å². The largest absolute Gasteiger partial charge is 0.379 e. The van der Waals surface area contributed by atoms with Gasteiger partial charge in [0.2, 0.25) is 5.91 Å². The number of hydrogen-bond acceptors (Lipinski definition) is 5. The maximum atomic E-state index is 13.2. The summed E-state index contributed by atoms with van der Waals surface area (Å²) < 4.78 is 5.41. The Balaban J connectivity index is 1.73. The lowest BCUT2D eigenvalue weighted by Gasteiger charge is -2.44. The van der Waals surface area contributed by atoms with Crippen LogP contribution in [0.5, 0.6) is 0 Å². The van der Waals surface area contributed by atoms with Gasteiger partial charge in [-0.3, -0.25) is 14.5 Å². The van der Waals surface area contributed by atoms with Gasteiger partial charge in [0.05, 0.1) is 24.4 Å². The van der Waals surface area contributed by atoms with Gasteiger partial charge in [-0.15, -0.1) is 0 Å². The molecular formula is C18H28N4O3. The number of rotatable bonds is 3. The van der Waals surface area contributed by atoms with Crippen molar-refractivity contribution in [1.29, 1.82) is 0 Å². The van der Waals surface area contributed by atoms with Gasteiger partial charge in [0.1, 0.15) is 5.82 Å². The molecule has 2 aliphatic heterocycles. The Bertz CT molecular complexity index is 679. The maximum absolute atomic E-state index is 13.2. The minimum absolute atomic E-state index is 0.124. The fraction of sp³-hybridized carbons (Fsp3) is 0.722. The zero-order chi connectivity index (χ0) is 18.0. The van der Waals surface area contributed by atoms with Gasteiger partial charge in [0.25, 0.3) is 5.56 Å². The average molecular weight is 348 g/mol. The van der Waals surface area contributed by atoms with Crippen molar-refractivity contribution >= 4 is 5.91 Å². The van der Waals surface area contributed by atoms with Gasteiger partial charge in [-0.2, -0.15) is 0 Å². The number of amides is 1. The molecule has 25 heavy (non-hydrogen) atoms. The molecule has 1 aromatic rings. The SMILES string of the molecule is Cc1nc([C@H]2CCCN(C(=O)C(C)(C)N3CCOCC3)C2)cc(=O)[nH]1. The zero-order valence-electron chi connectivity index (χ0n) is 15.4. The molecule has 7 heteroatoms. The maximum Gasteiger partial charge on any atom is 0.251 e. The molecule has 1 aromatic heterocycles. The molecule has 0 aliphatic carbocycles. The second-order valence-corrected chi connectivity index (χ2v) is 7.50. The monoisotopic (exact) mass is 348 g/mol. The average Bonchev–Trinajstić information content (AvgIpc) is 2.61. The Morgan fingerprint density at radius 3 is 2.72 bits per heavy atom. The highest BCUT2D eigenvalue weighted by Crippen LogP contribution is 2.28. The Labute approximate surface area is 148 Å². The van der Waals surface area contributed by atoms with Crippen molar-refractivity contribution in [3.8, 4) is 0 Å². The third kappa shape index (κ3) is 3.93. The van der Waals surface area contributed by atoms with E-state index in [2.05, 4.69) is 14.9 Å². The van der Waals surface area contributed by atoms with Crippen LogP contribution in [0.1, 0.15) is 44.1 Å². The molecule has 0 bridgehead atoms. The van der Waals surface area contributed by atoms with E-state index >= 15 is 0 Å². The van der Waals surface area contributed by atoms with Crippen LogP contribution in [0.15, 0.2) is 10.9 Å². The van der Waals surface area contributed by atoms with E-state index in [-0.39, 0.29) is 17.4 Å². The number of carbonyl (C=O) groups is 1. The molecule has 2 saturated heterocycles. The number of nitrogens with one attached hydrogen (secondary N) is 1. The second kappa shape index (κ2) is 7.25. The quantitative estimate of drug-likeness (QED) is 0.878. The Morgan fingerprint density at radius 2 is 2.04 bits per heavy atom. The Morgan fingerprint density at radius 1 is 1.32 bits per heavy atom. The van der Waals surface area contributed by atoms with Crippen LogP contribution in [-0.4, -0.2) is 70.6 Å². The minimum Gasteiger partial charge on any atom is -0.379 e. The summed E-state index contributed by atoms with van der Waals surface area (Å²) in [6, 6.07) is 1.57. The summed E-state index contributed by atoms with van der Waals surface area (Å²) in [7, 11) is 0. The fourth-order valence-corrected chi connectivity index (χ4v) is 3.86. The molecule has 3 heterocycles. The van der Waals surface area contributed by atoms with Crippen LogP contribution in [0.2, 0.25) is 0 Å². The van der Waals surface area contributed by atoms with Crippen LogP contribution in [-0.2, 0) is 9.53 Å². The van der Waals surface area contributed by atoms with Crippen LogP contribution in [0.4, 0.5) is 0 Å². The third-order valence-electron chi connectivity index (χ3n) is 5.33. The van der Waals surface area contributed by atoms with Crippen LogP contribution < -0.4 is 5.56 Å². The normalized spacial score (nSPS) is 22.8. The molecule has 7 nitrogen and oxygen atoms in total. The van der Waals surface area contributed by atoms with Crippen molar-refractivity contribution in [3.63, 3.8) is 0 Å². The number of aromatic nitrogens is 2. The molecule has 1 atom stereocenters. The lowest BCUT2D eigenvalue weighted by Crippen LogP contribution is -2.60.